The Labute approximate surface area is 179 Å². The molecule has 4 aromatic rings. The van der Waals surface area contributed by atoms with Crippen LogP contribution in [-0.2, 0) is 4.79 Å². The number of nitrogens with zero attached hydrogens (tertiary/aromatic N) is 3. The molecule has 31 heavy (non-hydrogen) atoms. The van der Waals surface area contributed by atoms with Crippen LogP contribution < -0.4 is 5.32 Å². The van der Waals surface area contributed by atoms with Gasteiger partial charge in [-0.05, 0) is 54.6 Å². The molecule has 156 valence electrons. The molecule has 0 atom stereocenters. The summed E-state index contributed by atoms with van der Waals surface area (Å²) in [5.74, 6) is -1.58. The highest BCUT2D eigenvalue weighted by atomic mass is 32.2. The van der Waals surface area contributed by atoms with Gasteiger partial charge in [0.1, 0.15) is 17.5 Å². The maximum Gasteiger partial charge on any atom is 0.234 e. The van der Waals surface area contributed by atoms with Crippen LogP contribution in [0.4, 0.5) is 18.9 Å². The zero-order valence-electron chi connectivity index (χ0n) is 15.9. The van der Waals surface area contributed by atoms with Crippen molar-refractivity contribution in [3.8, 4) is 17.1 Å². The van der Waals surface area contributed by atoms with E-state index in [0.717, 1.165) is 11.8 Å². The molecule has 5 nitrogen and oxygen atoms in total. The maximum atomic E-state index is 14.4. The Bertz CT molecular complexity index is 1230. The third-order valence-corrected chi connectivity index (χ3v) is 5.20. The lowest BCUT2D eigenvalue weighted by Gasteiger charge is -2.11. The summed E-state index contributed by atoms with van der Waals surface area (Å²) in [6, 6.07) is 17.2. The predicted molar refractivity (Wildman–Crippen MR) is 112 cm³/mol. The number of hydrogen-bond acceptors (Lipinski definition) is 4. The Morgan fingerprint density at radius 3 is 2.42 bits per heavy atom. The minimum atomic E-state index is -0.487. The van der Waals surface area contributed by atoms with E-state index in [1.165, 1.54) is 48.5 Å². The molecule has 0 spiro atoms. The molecule has 0 aliphatic heterocycles. The van der Waals surface area contributed by atoms with Gasteiger partial charge >= 0.3 is 0 Å². The molecule has 1 aromatic heterocycles. The van der Waals surface area contributed by atoms with Crippen molar-refractivity contribution >= 4 is 23.4 Å². The summed E-state index contributed by atoms with van der Waals surface area (Å²) in [7, 11) is 0. The lowest BCUT2D eigenvalue weighted by atomic mass is 10.2. The normalized spacial score (nSPS) is 10.8. The Morgan fingerprint density at radius 2 is 1.68 bits per heavy atom. The fraction of sp³-hybridized carbons (Fsp3) is 0.0455. The highest BCUT2D eigenvalue weighted by Gasteiger charge is 2.19. The van der Waals surface area contributed by atoms with Gasteiger partial charge in [-0.3, -0.25) is 9.36 Å². The average molecular weight is 440 g/mol. The second kappa shape index (κ2) is 9.05. The number of rotatable bonds is 6. The molecule has 0 bridgehead atoms. The van der Waals surface area contributed by atoms with E-state index in [4.69, 9.17) is 0 Å². The molecule has 1 heterocycles. The first kappa shape index (κ1) is 20.7. The third-order valence-electron chi connectivity index (χ3n) is 4.27. The summed E-state index contributed by atoms with van der Waals surface area (Å²) in [5, 5.41) is 11.1. The molecule has 3 aromatic carbocycles. The number of nitrogens with one attached hydrogen (secondary N) is 1. The van der Waals surface area contributed by atoms with Crippen LogP contribution in [0, 0.1) is 17.5 Å². The number of thioether (sulfide) groups is 1. The van der Waals surface area contributed by atoms with E-state index < -0.39 is 17.5 Å². The van der Waals surface area contributed by atoms with Gasteiger partial charge in [0.2, 0.25) is 5.91 Å². The van der Waals surface area contributed by atoms with Crippen molar-refractivity contribution in [1.82, 2.24) is 14.8 Å². The van der Waals surface area contributed by atoms with Gasteiger partial charge in [0.25, 0.3) is 0 Å². The zero-order valence-corrected chi connectivity index (χ0v) is 16.7. The van der Waals surface area contributed by atoms with Gasteiger partial charge < -0.3 is 5.32 Å². The van der Waals surface area contributed by atoms with Gasteiger partial charge in [0.05, 0.1) is 11.3 Å². The molecule has 4 rings (SSSR count). The van der Waals surface area contributed by atoms with Crippen molar-refractivity contribution in [2.75, 3.05) is 11.1 Å². The van der Waals surface area contributed by atoms with Gasteiger partial charge in [0, 0.05) is 11.4 Å². The maximum absolute atomic E-state index is 14.4. The molecule has 0 fully saturated rings. The van der Waals surface area contributed by atoms with Crippen LogP contribution in [0.1, 0.15) is 0 Å². The first-order valence-electron chi connectivity index (χ1n) is 9.16. The molecule has 0 aliphatic rings. The smallest absolute Gasteiger partial charge is 0.234 e. The van der Waals surface area contributed by atoms with Gasteiger partial charge in [-0.1, -0.05) is 30.0 Å². The number of benzene rings is 3. The second-order valence-corrected chi connectivity index (χ2v) is 7.39. The van der Waals surface area contributed by atoms with Crippen LogP contribution >= 0.6 is 11.8 Å². The summed E-state index contributed by atoms with van der Waals surface area (Å²) >= 11 is 1.07. The number of halogens is 3. The first-order valence-corrected chi connectivity index (χ1v) is 10.1. The fourth-order valence-corrected chi connectivity index (χ4v) is 3.65. The van der Waals surface area contributed by atoms with Crippen molar-refractivity contribution in [3.63, 3.8) is 0 Å². The van der Waals surface area contributed by atoms with E-state index in [1.807, 2.05) is 0 Å². The number of amides is 1. The molecule has 0 aliphatic carbocycles. The Kier molecular flexibility index (Phi) is 6.03. The Hall–Kier alpha value is -3.59. The van der Waals surface area contributed by atoms with E-state index in [9.17, 15) is 18.0 Å². The number of aromatic nitrogens is 3. The van der Waals surface area contributed by atoms with Crippen LogP contribution in [0.2, 0.25) is 0 Å². The van der Waals surface area contributed by atoms with Crippen molar-refractivity contribution in [2.45, 2.75) is 5.16 Å². The van der Waals surface area contributed by atoms with Crippen LogP contribution in [0.25, 0.3) is 17.1 Å². The van der Waals surface area contributed by atoms with E-state index >= 15 is 0 Å². The summed E-state index contributed by atoms with van der Waals surface area (Å²) in [6.07, 6.45) is 0. The predicted octanol–water partition coefficient (Wildman–Crippen LogP) is 5.08. The van der Waals surface area contributed by atoms with Crippen LogP contribution in [0.3, 0.4) is 0 Å². The summed E-state index contributed by atoms with van der Waals surface area (Å²) in [5.41, 5.74) is 1.06. The molecule has 9 heteroatoms. The molecule has 1 amide bonds. The van der Waals surface area contributed by atoms with Crippen LogP contribution in [0.5, 0.6) is 0 Å². The average Bonchev–Trinajstić information content (AvgIpc) is 3.17. The molecule has 0 saturated carbocycles. The fourth-order valence-electron chi connectivity index (χ4n) is 2.90. The van der Waals surface area contributed by atoms with Gasteiger partial charge in [0.15, 0.2) is 11.0 Å². The minimum Gasteiger partial charge on any atom is -0.325 e. The highest BCUT2D eigenvalue weighted by molar-refractivity contribution is 7.99. The lowest BCUT2D eigenvalue weighted by Crippen LogP contribution is -2.14. The highest BCUT2D eigenvalue weighted by Crippen LogP contribution is 2.29. The van der Waals surface area contributed by atoms with Crippen molar-refractivity contribution < 1.29 is 18.0 Å². The molecule has 0 radical (unpaired) electrons. The van der Waals surface area contributed by atoms with E-state index in [0.29, 0.717) is 16.5 Å². The number of carbonyl (C=O) groups is 1. The molecular formula is C22H15F3N4OS. The first-order chi connectivity index (χ1) is 15.0. The van der Waals surface area contributed by atoms with Crippen molar-refractivity contribution in [2.24, 2.45) is 0 Å². The summed E-state index contributed by atoms with van der Waals surface area (Å²) < 4.78 is 42.7. The third kappa shape index (κ3) is 4.77. The van der Waals surface area contributed by atoms with Crippen molar-refractivity contribution in [1.29, 1.82) is 0 Å². The standard InChI is InChI=1S/C22H15F3N4OS/c23-14-8-10-17(11-9-14)29-21(18-6-1-2-7-19(18)25)27-28-22(29)31-13-20(30)26-16-5-3-4-15(24)12-16/h1-12H,13H2,(H,26,30). The van der Waals surface area contributed by atoms with Gasteiger partial charge in [-0.2, -0.15) is 0 Å². The number of anilines is 1. The molecule has 1 N–H and O–H groups in total. The Morgan fingerprint density at radius 1 is 0.903 bits per heavy atom. The van der Waals surface area contributed by atoms with E-state index in [2.05, 4.69) is 15.5 Å². The number of carbonyl (C=O) groups excluding carboxylic acids is 1. The van der Waals surface area contributed by atoms with Crippen LogP contribution in [0.15, 0.2) is 78.0 Å². The summed E-state index contributed by atoms with van der Waals surface area (Å²) in [4.78, 5) is 12.3. The molecule has 0 unspecified atom stereocenters. The van der Waals surface area contributed by atoms with Crippen molar-refractivity contribution in [3.05, 3.63) is 90.2 Å². The molecule has 0 saturated heterocycles. The number of hydrogen-bond donors (Lipinski definition) is 1. The van der Waals surface area contributed by atoms with Crippen LogP contribution in [-0.4, -0.2) is 26.4 Å². The van der Waals surface area contributed by atoms with Gasteiger partial charge in [-0.15, -0.1) is 10.2 Å². The quantitative estimate of drug-likeness (QED) is 0.425. The van der Waals surface area contributed by atoms with E-state index in [1.54, 1.807) is 28.8 Å². The second-order valence-electron chi connectivity index (χ2n) is 6.45. The Balaban J connectivity index is 1.62. The molecular weight excluding hydrogens is 425 g/mol. The zero-order chi connectivity index (χ0) is 21.8. The van der Waals surface area contributed by atoms with E-state index in [-0.39, 0.29) is 23.0 Å². The lowest BCUT2D eigenvalue weighted by molar-refractivity contribution is -0.113. The minimum absolute atomic E-state index is 0.0485. The SMILES string of the molecule is O=C(CSc1nnc(-c2ccccc2F)n1-c1ccc(F)cc1)Nc1cccc(F)c1. The summed E-state index contributed by atoms with van der Waals surface area (Å²) in [6.45, 7) is 0. The largest absolute Gasteiger partial charge is 0.325 e. The van der Waals surface area contributed by atoms with Gasteiger partial charge in [-0.25, -0.2) is 13.2 Å². The monoisotopic (exact) mass is 440 g/mol. The topological polar surface area (TPSA) is 59.8 Å².